The van der Waals surface area contributed by atoms with Gasteiger partial charge in [-0.25, -0.2) is 4.79 Å². The molecule has 186 valence electrons. The van der Waals surface area contributed by atoms with Crippen LogP contribution in [-0.2, 0) is 14.3 Å². The van der Waals surface area contributed by atoms with Crippen LogP contribution in [0.1, 0.15) is 50.2 Å². The number of aliphatic carboxylic acids is 1. The number of nitrogens with one attached hydrogen (secondary N) is 2. The second kappa shape index (κ2) is 10.5. The van der Waals surface area contributed by atoms with Gasteiger partial charge in [0.1, 0.15) is 6.61 Å². The molecule has 1 heterocycles. The van der Waals surface area contributed by atoms with Crippen LogP contribution in [0.2, 0.25) is 0 Å². The number of carbonyl (C=O) groups excluding carboxylic acids is 2. The van der Waals surface area contributed by atoms with Crippen LogP contribution in [0.5, 0.6) is 0 Å². The van der Waals surface area contributed by atoms with Crippen molar-refractivity contribution in [2.24, 2.45) is 0 Å². The summed E-state index contributed by atoms with van der Waals surface area (Å²) < 4.78 is 5.64. The zero-order chi connectivity index (χ0) is 25.0. The zero-order valence-electron chi connectivity index (χ0n) is 20.3. The summed E-state index contributed by atoms with van der Waals surface area (Å²) in [5.74, 6) is -1.12. The highest BCUT2D eigenvalue weighted by molar-refractivity contribution is 5.80. The second-order valence-electron chi connectivity index (χ2n) is 10.0. The molecule has 8 heteroatoms. The van der Waals surface area contributed by atoms with E-state index in [1.165, 1.54) is 22.3 Å². The first-order chi connectivity index (χ1) is 16.7. The molecule has 35 heavy (non-hydrogen) atoms. The predicted octanol–water partition coefficient (Wildman–Crippen LogP) is 3.36. The van der Waals surface area contributed by atoms with Gasteiger partial charge in [-0.15, -0.1) is 0 Å². The van der Waals surface area contributed by atoms with Gasteiger partial charge >= 0.3 is 12.1 Å². The first kappa shape index (κ1) is 24.7. The van der Waals surface area contributed by atoms with E-state index in [-0.39, 0.29) is 37.4 Å². The molecule has 0 atom stereocenters. The van der Waals surface area contributed by atoms with Crippen LogP contribution in [0, 0.1) is 0 Å². The van der Waals surface area contributed by atoms with E-state index in [1.807, 2.05) is 29.2 Å². The molecule has 1 aliphatic carbocycles. The van der Waals surface area contributed by atoms with Crippen molar-refractivity contribution in [2.45, 2.75) is 50.6 Å². The summed E-state index contributed by atoms with van der Waals surface area (Å²) in [4.78, 5) is 37.8. The number of benzene rings is 2. The number of carboxylic acids is 1. The number of likely N-dealkylation sites (tertiary alicyclic amines) is 1. The number of hydrogen-bond acceptors (Lipinski definition) is 5. The number of rotatable bonds is 8. The van der Waals surface area contributed by atoms with Crippen molar-refractivity contribution in [1.82, 2.24) is 15.5 Å². The number of carbonyl (C=O) groups is 3. The summed E-state index contributed by atoms with van der Waals surface area (Å²) in [5.41, 5.74) is 3.95. The van der Waals surface area contributed by atoms with Gasteiger partial charge in [-0.2, -0.15) is 0 Å². The fourth-order valence-corrected chi connectivity index (χ4v) is 5.08. The average molecular weight is 480 g/mol. The monoisotopic (exact) mass is 479 g/mol. The molecule has 1 fully saturated rings. The van der Waals surface area contributed by atoms with Gasteiger partial charge in [0.25, 0.3) is 0 Å². The highest BCUT2D eigenvalue weighted by atomic mass is 16.5. The van der Waals surface area contributed by atoms with E-state index < -0.39 is 17.6 Å². The van der Waals surface area contributed by atoms with Crippen LogP contribution < -0.4 is 10.6 Å². The maximum absolute atomic E-state index is 12.5. The first-order valence-corrected chi connectivity index (χ1v) is 12.1. The molecule has 2 aromatic carbocycles. The lowest BCUT2D eigenvalue weighted by molar-refractivity contribution is -0.138. The highest BCUT2D eigenvalue weighted by Crippen LogP contribution is 2.44. The summed E-state index contributed by atoms with van der Waals surface area (Å²) in [7, 11) is 0. The zero-order valence-corrected chi connectivity index (χ0v) is 20.3. The number of ether oxygens (including phenoxy) is 1. The van der Waals surface area contributed by atoms with Gasteiger partial charge in [0.2, 0.25) is 5.91 Å². The predicted molar refractivity (Wildman–Crippen MR) is 132 cm³/mol. The van der Waals surface area contributed by atoms with Gasteiger partial charge in [0.05, 0.1) is 13.0 Å². The lowest BCUT2D eigenvalue weighted by Gasteiger charge is -2.33. The van der Waals surface area contributed by atoms with E-state index in [2.05, 4.69) is 34.9 Å². The highest BCUT2D eigenvalue weighted by Gasteiger charge is 2.30. The van der Waals surface area contributed by atoms with E-state index in [0.717, 1.165) is 12.8 Å². The molecule has 2 amide bonds. The second-order valence-corrected chi connectivity index (χ2v) is 10.0. The van der Waals surface area contributed by atoms with Gasteiger partial charge in [0, 0.05) is 30.6 Å². The Morgan fingerprint density at radius 3 is 2.14 bits per heavy atom. The van der Waals surface area contributed by atoms with Gasteiger partial charge in [0.15, 0.2) is 0 Å². The van der Waals surface area contributed by atoms with Gasteiger partial charge in [-0.05, 0) is 48.9 Å². The maximum atomic E-state index is 12.5. The van der Waals surface area contributed by atoms with Crippen molar-refractivity contribution < 1.29 is 24.2 Å². The molecule has 0 unspecified atom stereocenters. The van der Waals surface area contributed by atoms with Crippen LogP contribution in [-0.4, -0.2) is 65.8 Å². The molecule has 1 saturated heterocycles. The molecule has 0 aromatic heterocycles. The quantitative estimate of drug-likeness (QED) is 0.536. The number of hydrogen-bond donors (Lipinski definition) is 3. The molecule has 0 saturated carbocycles. The largest absolute Gasteiger partial charge is 0.481 e. The number of fused-ring (bicyclic) bond motifs is 3. The third-order valence-corrected chi connectivity index (χ3v) is 6.69. The molecule has 0 radical (unpaired) electrons. The number of piperidine rings is 1. The van der Waals surface area contributed by atoms with Gasteiger partial charge < -0.3 is 20.5 Å². The molecule has 3 N–H and O–H groups in total. The molecule has 2 aliphatic rings. The van der Waals surface area contributed by atoms with Crippen molar-refractivity contribution in [3.8, 4) is 11.1 Å². The summed E-state index contributed by atoms with van der Waals surface area (Å²) in [5, 5.41) is 14.7. The number of alkyl carbamates (subject to hydrolysis) is 1. The fourth-order valence-electron chi connectivity index (χ4n) is 5.08. The minimum absolute atomic E-state index is 0.00610. The topological polar surface area (TPSA) is 108 Å². The summed E-state index contributed by atoms with van der Waals surface area (Å²) in [6.45, 7) is 5.22. The van der Waals surface area contributed by atoms with Crippen LogP contribution in [0.3, 0.4) is 0 Å². The van der Waals surface area contributed by atoms with Crippen molar-refractivity contribution >= 4 is 18.0 Å². The SMILES string of the molecule is CC(C)(CC(=O)O)NC(=O)CN1CCC(NC(=O)OCC2c3ccccc3-c3ccccc32)CC1. The van der Waals surface area contributed by atoms with Crippen molar-refractivity contribution in [3.05, 3.63) is 59.7 Å². The summed E-state index contributed by atoms with van der Waals surface area (Å²) in [6, 6.07) is 16.5. The smallest absolute Gasteiger partial charge is 0.407 e. The molecule has 0 bridgehead atoms. The number of amides is 2. The van der Waals surface area contributed by atoms with Crippen LogP contribution >= 0.6 is 0 Å². The molecule has 1 aliphatic heterocycles. The Bertz CT molecular complexity index is 1050. The molecular weight excluding hydrogens is 446 g/mol. The van der Waals surface area contributed by atoms with Crippen LogP contribution in [0.25, 0.3) is 11.1 Å². The van der Waals surface area contributed by atoms with E-state index >= 15 is 0 Å². The van der Waals surface area contributed by atoms with E-state index in [9.17, 15) is 14.4 Å². The molecule has 2 aromatic rings. The van der Waals surface area contributed by atoms with E-state index in [1.54, 1.807) is 13.8 Å². The van der Waals surface area contributed by atoms with E-state index in [0.29, 0.717) is 13.1 Å². The Morgan fingerprint density at radius 2 is 1.57 bits per heavy atom. The summed E-state index contributed by atoms with van der Waals surface area (Å²) in [6.07, 6.45) is 0.884. The van der Waals surface area contributed by atoms with Crippen LogP contribution in [0.4, 0.5) is 4.79 Å². The normalized spacial score (nSPS) is 16.3. The van der Waals surface area contributed by atoms with Gasteiger partial charge in [-0.1, -0.05) is 48.5 Å². The molecule has 4 rings (SSSR count). The molecular formula is C27H33N3O5. The first-order valence-electron chi connectivity index (χ1n) is 12.1. The third kappa shape index (κ3) is 6.19. The standard InChI is InChI=1S/C27H33N3O5/c1-27(2,15-25(32)33)29-24(31)16-30-13-11-18(12-14-30)28-26(34)35-17-23-21-9-5-3-7-19(21)20-8-4-6-10-22(20)23/h3-10,18,23H,11-17H2,1-2H3,(H,28,34)(H,29,31)(H,32,33). The Morgan fingerprint density at radius 1 is 1.00 bits per heavy atom. The Kier molecular flexibility index (Phi) is 7.40. The lowest BCUT2D eigenvalue weighted by atomic mass is 9.98. The Balaban J connectivity index is 1.22. The number of nitrogens with zero attached hydrogens (tertiary/aromatic N) is 1. The molecule has 0 spiro atoms. The third-order valence-electron chi connectivity index (χ3n) is 6.69. The maximum Gasteiger partial charge on any atom is 0.407 e. The van der Waals surface area contributed by atoms with Crippen molar-refractivity contribution in [3.63, 3.8) is 0 Å². The molecule has 8 nitrogen and oxygen atoms in total. The Labute approximate surface area is 205 Å². The Hall–Kier alpha value is -3.39. The van der Waals surface area contributed by atoms with Crippen molar-refractivity contribution in [2.75, 3.05) is 26.2 Å². The fraction of sp³-hybridized carbons (Fsp3) is 0.444. The minimum Gasteiger partial charge on any atom is -0.481 e. The average Bonchev–Trinajstić information content (AvgIpc) is 3.11. The minimum atomic E-state index is -0.949. The number of carboxylic acid groups (broad SMARTS) is 1. The summed E-state index contributed by atoms with van der Waals surface area (Å²) >= 11 is 0. The lowest BCUT2D eigenvalue weighted by Crippen LogP contribution is -2.51. The van der Waals surface area contributed by atoms with Crippen LogP contribution in [0.15, 0.2) is 48.5 Å². The van der Waals surface area contributed by atoms with Gasteiger partial charge in [-0.3, -0.25) is 14.5 Å². The van der Waals surface area contributed by atoms with Crippen molar-refractivity contribution in [1.29, 1.82) is 0 Å². The van der Waals surface area contributed by atoms with E-state index in [4.69, 9.17) is 9.84 Å².